The number of hydrogen-bond acceptors (Lipinski definition) is 5. The van der Waals surface area contributed by atoms with Gasteiger partial charge >= 0.3 is 0 Å². The van der Waals surface area contributed by atoms with Gasteiger partial charge in [-0.05, 0) is 71.2 Å². The van der Waals surface area contributed by atoms with Crippen molar-refractivity contribution >= 4 is 49.0 Å². The standard InChI is InChI=1S/C29H29Br2N3O3/c1-6-36-25-14-20(13-23(31)26(25)37-17-19-9-7-8-18(2)12-19)16-32-34-27(35)22-15-21(30)10-11-24(22)33-28(34)29(3,4)5/h7-16H,6,17H2,1-5H3. The smallest absolute Gasteiger partial charge is 0.282 e. The molecule has 0 aliphatic heterocycles. The highest BCUT2D eigenvalue weighted by atomic mass is 79.9. The van der Waals surface area contributed by atoms with E-state index in [1.807, 2.05) is 64.1 Å². The lowest BCUT2D eigenvalue weighted by atomic mass is 9.95. The highest BCUT2D eigenvalue weighted by Crippen LogP contribution is 2.37. The molecule has 1 heterocycles. The number of aryl methyl sites for hydroxylation is 1. The second kappa shape index (κ2) is 11.2. The van der Waals surface area contributed by atoms with Crippen LogP contribution >= 0.6 is 31.9 Å². The molecule has 0 saturated heterocycles. The van der Waals surface area contributed by atoms with E-state index in [2.05, 4.69) is 56.0 Å². The van der Waals surface area contributed by atoms with Crippen molar-refractivity contribution in [1.29, 1.82) is 0 Å². The minimum atomic E-state index is -0.400. The molecule has 0 aliphatic rings. The van der Waals surface area contributed by atoms with Gasteiger partial charge in [-0.3, -0.25) is 4.79 Å². The predicted molar refractivity (Wildman–Crippen MR) is 156 cm³/mol. The van der Waals surface area contributed by atoms with E-state index < -0.39 is 5.41 Å². The third-order valence-electron chi connectivity index (χ3n) is 5.60. The second-order valence-electron chi connectivity index (χ2n) is 9.75. The van der Waals surface area contributed by atoms with Gasteiger partial charge in [-0.1, -0.05) is 66.5 Å². The zero-order valence-electron chi connectivity index (χ0n) is 21.5. The Kier molecular flexibility index (Phi) is 8.19. The first kappa shape index (κ1) is 27.1. The molecular formula is C29H29Br2N3O3. The van der Waals surface area contributed by atoms with Crippen molar-refractivity contribution in [3.05, 3.63) is 96.4 Å². The number of ether oxygens (including phenoxy) is 2. The summed E-state index contributed by atoms with van der Waals surface area (Å²) in [6.45, 7) is 10.9. The third kappa shape index (κ3) is 6.30. The van der Waals surface area contributed by atoms with Gasteiger partial charge in [-0.2, -0.15) is 9.78 Å². The molecule has 6 nitrogen and oxygen atoms in total. The molecular weight excluding hydrogens is 598 g/mol. The summed E-state index contributed by atoms with van der Waals surface area (Å²) in [4.78, 5) is 18.2. The number of fused-ring (bicyclic) bond motifs is 1. The molecule has 0 atom stereocenters. The maximum Gasteiger partial charge on any atom is 0.282 e. The van der Waals surface area contributed by atoms with E-state index in [4.69, 9.17) is 14.5 Å². The minimum Gasteiger partial charge on any atom is -0.490 e. The van der Waals surface area contributed by atoms with Crippen molar-refractivity contribution in [3.63, 3.8) is 0 Å². The van der Waals surface area contributed by atoms with Crippen LogP contribution in [-0.2, 0) is 12.0 Å². The molecule has 37 heavy (non-hydrogen) atoms. The molecule has 0 unspecified atom stereocenters. The van der Waals surface area contributed by atoms with Crippen LogP contribution in [0, 0.1) is 6.92 Å². The van der Waals surface area contributed by atoms with E-state index in [1.165, 1.54) is 10.2 Å². The minimum absolute atomic E-state index is 0.227. The first-order chi connectivity index (χ1) is 17.6. The molecule has 0 fully saturated rings. The number of aromatic nitrogens is 2. The highest BCUT2D eigenvalue weighted by Gasteiger charge is 2.23. The van der Waals surface area contributed by atoms with Gasteiger partial charge in [0.2, 0.25) is 0 Å². The van der Waals surface area contributed by atoms with Crippen molar-refractivity contribution in [2.24, 2.45) is 5.10 Å². The van der Waals surface area contributed by atoms with E-state index in [0.29, 0.717) is 41.4 Å². The SMILES string of the molecule is CCOc1cc(C=Nn2c(C(C)(C)C)nc3ccc(Br)cc3c2=O)cc(Br)c1OCc1cccc(C)c1. The summed E-state index contributed by atoms with van der Waals surface area (Å²) in [5.74, 6) is 1.78. The van der Waals surface area contributed by atoms with Crippen LogP contribution in [0.4, 0.5) is 0 Å². The molecule has 0 bridgehead atoms. The molecule has 192 valence electrons. The van der Waals surface area contributed by atoms with Gasteiger partial charge in [-0.15, -0.1) is 0 Å². The van der Waals surface area contributed by atoms with Crippen LogP contribution in [-0.4, -0.2) is 22.5 Å². The average Bonchev–Trinajstić information content (AvgIpc) is 2.83. The van der Waals surface area contributed by atoms with E-state index in [1.54, 1.807) is 12.3 Å². The lowest BCUT2D eigenvalue weighted by Crippen LogP contribution is -2.29. The van der Waals surface area contributed by atoms with E-state index >= 15 is 0 Å². The van der Waals surface area contributed by atoms with Crippen molar-refractivity contribution in [2.75, 3.05) is 6.61 Å². The maximum atomic E-state index is 13.4. The topological polar surface area (TPSA) is 65.7 Å². The Morgan fingerprint density at radius 1 is 1.05 bits per heavy atom. The van der Waals surface area contributed by atoms with Gasteiger partial charge in [0.1, 0.15) is 12.4 Å². The van der Waals surface area contributed by atoms with Gasteiger partial charge in [0.25, 0.3) is 5.56 Å². The first-order valence-corrected chi connectivity index (χ1v) is 13.6. The fourth-order valence-electron chi connectivity index (χ4n) is 3.89. The van der Waals surface area contributed by atoms with Crippen molar-refractivity contribution in [1.82, 2.24) is 9.66 Å². The molecule has 0 N–H and O–H groups in total. The largest absolute Gasteiger partial charge is 0.490 e. The summed E-state index contributed by atoms with van der Waals surface area (Å²) in [5.41, 5.74) is 3.01. The normalized spacial score (nSPS) is 11.9. The number of nitrogens with zero attached hydrogens (tertiary/aromatic N) is 3. The number of benzene rings is 3. The second-order valence-corrected chi connectivity index (χ2v) is 11.5. The Hall–Kier alpha value is -2.97. The predicted octanol–water partition coefficient (Wildman–Crippen LogP) is 7.39. The van der Waals surface area contributed by atoms with Crippen molar-refractivity contribution in [3.8, 4) is 11.5 Å². The number of halogens is 2. The average molecular weight is 627 g/mol. The zero-order valence-corrected chi connectivity index (χ0v) is 24.7. The first-order valence-electron chi connectivity index (χ1n) is 12.0. The van der Waals surface area contributed by atoms with Crippen molar-refractivity contribution < 1.29 is 9.47 Å². The Balaban J connectivity index is 1.73. The fourth-order valence-corrected chi connectivity index (χ4v) is 4.82. The van der Waals surface area contributed by atoms with Crippen LogP contribution in [0.3, 0.4) is 0 Å². The third-order valence-corrected chi connectivity index (χ3v) is 6.68. The van der Waals surface area contributed by atoms with Crippen LogP contribution in [0.2, 0.25) is 0 Å². The van der Waals surface area contributed by atoms with Gasteiger partial charge in [-0.25, -0.2) is 4.98 Å². The summed E-state index contributed by atoms with van der Waals surface area (Å²) in [6, 6.07) is 17.4. The van der Waals surface area contributed by atoms with Crippen LogP contribution < -0.4 is 15.0 Å². The zero-order chi connectivity index (χ0) is 26.7. The van der Waals surface area contributed by atoms with Gasteiger partial charge in [0.15, 0.2) is 11.5 Å². The molecule has 0 radical (unpaired) electrons. The summed E-state index contributed by atoms with van der Waals surface area (Å²) in [5, 5.41) is 5.08. The Bertz CT molecular complexity index is 1540. The number of rotatable bonds is 7. The molecule has 4 aromatic rings. The Morgan fingerprint density at radius 3 is 2.54 bits per heavy atom. The van der Waals surface area contributed by atoms with Crippen LogP contribution in [0.1, 0.15) is 50.2 Å². The molecule has 4 rings (SSSR count). The van der Waals surface area contributed by atoms with Crippen LogP contribution in [0.5, 0.6) is 11.5 Å². The van der Waals surface area contributed by atoms with Gasteiger partial charge in [0, 0.05) is 9.89 Å². The van der Waals surface area contributed by atoms with Gasteiger partial charge < -0.3 is 9.47 Å². The van der Waals surface area contributed by atoms with Crippen LogP contribution in [0.25, 0.3) is 10.9 Å². The number of hydrogen-bond donors (Lipinski definition) is 0. The molecule has 0 aliphatic carbocycles. The lowest BCUT2D eigenvalue weighted by molar-refractivity contribution is 0.267. The summed E-state index contributed by atoms with van der Waals surface area (Å²) >= 11 is 7.08. The monoisotopic (exact) mass is 625 g/mol. The molecule has 0 spiro atoms. The fraction of sp³-hybridized carbons (Fsp3) is 0.276. The Morgan fingerprint density at radius 2 is 1.84 bits per heavy atom. The quantitative estimate of drug-likeness (QED) is 0.201. The summed E-state index contributed by atoms with van der Waals surface area (Å²) in [7, 11) is 0. The Labute approximate surface area is 233 Å². The lowest BCUT2D eigenvalue weighted by Gasteiger charge is -2.21. The summed E-state index contributed by atoms with van der Waals surface area (Å²) < 4.78 is 15.0. The van der Waals surface area contributed by atoms with Gasteiger partial charge in [0.05, 0.1) is 28.2 Å². The molecule has 0 amide bonds. The summed E-state index contributed by atoms with van der Waals surface area (Å²) in [6.07, 6.45) is 1.64. The van der Waals surface area contributed by atoms with E-state index in [-0.39, 0.29) is 5.56 Å². The molecule has 0 saturated carbocycles. The molecule has 8 heteroatoms. The molecule has 3 aromatic carbocycles. The highest BCUT2D eigenvalue weighted by molar-refractivity contribution is 9.10. The maximum absolute atomic E-state index is 13.4. The van der Waals surface area contributed by atoms with Crippen LogP contribution in [0.15, 0.2) is 73.4 Å². The van der Waals surface area contributed by atoms with E-state index in [0.717, 1.165) is 20.1 Å². The van der Waals surface area contributed by atoms with Crippen molar-refractivity contribution in [2.45, 2.75) is 46.6 Å². The van der Waals surface area contributed by atoms with E-state index in [9.17, 15) is 4.79 Å². The molecule has 1 aromatic heterocycles.